The fraction of sp³-hybridized carbons (Fsp3) is 0.308. The van der Waals surface area contributed by atoms with Crippen LogP contribution in [0.5, 0.6) is 0 Å². The summed E-state index contributed by atoms with van der Waals surface area (Å²) in [4.78, 5) is 15.3. The van der Waals surface area contributed by atoms with E-state index in [9.17, 15) is 4.79 Å². The average Bonchev–Trinajstić information content (AvgIpc) is 2.72. The lowest BCUT2D eigenvalue weighted by molar-refractivity contribution is 0.0697. The molecule has 5 heteroatoms. The molecular formula is C13H15N3O2. The first-order valence-corrected chi connectivity index (χ1v) is 5.76. The molecule has 0 saturated carbocycles. The molecule has 0 radical (unpaired) electrons. The summed E-state index contributed by atoms with van der Waals surface area (Å²) in [6.45, 7) is 5.88. The summed E-state index contributed by atoms with van der Waals surface area (Å²) in [5.74, 6) is 0.786. The average molecular weight is 245 g/mol. The quantitative estimate of drug-likeness (QED) is 0.901. The van der Waals surface area contributed by atoms with Crippen molar-refractivity contribution >= 4 is 5.97 Å². The first kappa shape index (κ1) is 12.3. The van der Waals surface area contributed by atoms with Gasteiger partial charge in [-0.2, -0.15) is 5.10 Å². The second-order valence-corrected chi connectivity index (χ2v) is 4.44. The Hall–Kier alpha value is -2.17. The number of carboxylic acid groups (broad SMARTS) is 1. The van der Waals surface area contributed by atoms with E-state index in [1.54, 1.807) is 22.9 Å². The summed E-state index contributed by atoms with van der Waals surface area (Å²) in [7, 11) is 0. The Balaban J connectivity index is 2.54. The molecule has 1 aromatic heterocycles. The van der Waals surface area contributed by atoms with E-state index in [0.717, 1.165) is 11.5 Å². The Bertz CT molecular complexity index is 588. The lowest BCUT2D eigenvalue weighted by atomic mass is 10.2. The van der Waals surface area contributed by atoms with Gasteiger partial charge in [-0.1, -0.05) is 19.9 Å². The molecule has 94 valence electrons. The topological polar surface area (TPSA) is 68.0 Å². The van der Waals surface area contributed by atoms with E-state index < -0.39 is 5.97 Å². The fourth-order valence-corrected chi connectivity index (χ4v) is 1.77. The molecule has 1 heterocycles. The van der Waals surface area contributed by atoms with Gasteiger partial charge in [-0.3, -0.25) is 0 Å². The van der Waals surface area contributed by atoms with Gasteiger partial charge in [-0.25, -0.2) is 14.5 Å². The zero-order valence-corrected chi connectivity index (χ0v) is 10.6. The minimum Gasteiger partial charge on any atom is -0.478 e. The molecule has 0 amide bonds. The van der Waals surface area contributed by atoms with Crippen LogP contribution in [-0.2, 0) is 0 Å². The Morgan fingerprint density at radius 3 is 2.72 bits per heavy atom. The molecule has 1 N–H and O–H groups in total. The highest BCUT2D eigenvalue weighted by Crippen LogP contribution is 2.18. The van der Waals surface area contributed by atoms with Crippen molar-refractivity contribution in [3.8, 4) is 5.69 Å². The zero-order chi connectivity index (χ0) is 13.3. The van der Waals surface area contributed by atoms with E-state index in [1.165, 1.54) is 0 Å². The molecule has 5 nitrogen and oxygen atoms in total. The lowest BCUT2D eigenvalue weighted by Gasteiger charge is -2.08. The van der Waals surface area contributed by atoms with Crippen LogP contribution in [0.3, 0.4) is 0 Å². The van der Waals surface area contributed by atoms with Crippen LogP contribution in [0.15, 0.2) is 24.3 Å². The molecular weight excluding hydrogens is 230 g/mol. The molecule has 0 fully saturated rings. The summed E-state index contributed by atoms with van der Waals surface area (Å²) < 4.78 is 1.70. The Morgan fingerprint density at radius 2 is 2.11 bits per heavy atom. The van der Waals surface area contributed by atoms with Gasteiger partial charge in [0, 0.05) is 5.92 Å². The number of nitrogens with zero attached hydrogens (tertiary/aromatic N) is 3. The maximum Gasteiger partial charge on any atom is 0.335 e. The number of aryl methyl sites for hydroxylation is 1. The van der Waals surface area contributed by atoms with Crippen molar-refractivity contribution in [3.63, 3.8) is 0 Å². The maximum atomic E-state index is 11.0. The van der Waals surface area contributed by atoms with Crippen LogP contribution in [0.4, 0.5) is 0 Å². The van der Waals surface area contributed by atoms with Crippen molar-refractivity contribution < 1.29 is 9.90 Å². The molecule has 0 unspecified atom stereocenters. The number of carbonyl (C=O) groups is 1. The number of hydrogen-bond donors (Lipinski definition) is 1. The molecule has 0 aliphatic carbocycles. The van der Waals surface area contributed by atoms with Gasteiger partial charge in [-0.15, -0.1) is 0 Å². The van der Waals surface area contributed by atoms with E-state index in [4.69, 9.17) is 5.11 Å². The van der Waals surface area contributed by atoms with Crippen molar-refractivity contribution in [2.45, 2.75) is 26.7 Å². The SMILES string of the molecule is Cc1nc(C(C)C)n(-c2cccc(C(=O)O)c2)n1. The Morgan fingerprint density at radius 1 is 1.39 bits per heavy atom. The predicted octanol–water partition coefficient (Wildman–Crippen LogP) is 2.40. The largest absolute Gasteiger partial charge is 0.478 e. The van der Waals surface area contributed by atoms with Crippen molar-refractivity contribution in [1.29, 1.82) is 0 Å². The summed E-state index contributed by atoms with van der Waals surface area (Å²) in [6.07, 6.45) is 0. The third kappa shape index (κ3) is 2.25. The predicted molar refractivity (Wildman–Crippen MR) is 67.1 cm³/mol. The molecule has 18 heavy (non-hydrogen) atoms. The molecule has 2 aromatic rings. The van der Waals surface area contributed by atoms with Crippen molar-refractivity contribution in [2.75, 3.05) is 0 Å². The number of carboxylic acids is 1. The van der Waals surface area contributed by atoms with Crippen LogP contribution in [0.2, 0.25) is 0 Å². The van der Waals surface area contributed by atoms with Crippen LogP contribution < -0.4 is 0 Å². The highest BCUT2D eigenvalue weighted by molar-refractivity contribution is 5.88. The highest BCUT2D eigenvalue weighted by atomic mass is 16.4. The van der Waals surface area contributed by atoms with E-state index in [-0.39, 0.29) is 11.5 Å². The van der Waals surface area contributed by atoms with Gasteiger partial charge in [0.05, 0.1) is 11.3 Å². The number of benzene rings is 1. The van der Waals surface area contributed by atoms with Crippen LogP contribution in [0.25, 0.3) is 5.69 Å². The molecule has 0 atom stereocenters. The van der Waals surface area contributed by atoms with E-state index in [2.05, 4.69) is 10.1 Å². The smallest absolute Gasteiger partial charge is 0.335 e. The molecule has 1 aromatic carbocycles. The van der Waals surface area contributed by atoms with Gasteiger partial charge in [0.2, 0.25) is 0 Å². The van der Waals surface area contributed by atoms with Crippen molar-refractivity contribution in [2.24, 2.45) is 0 Å². The molecule has 0 spiro atoms. The molecule has 2 rings (SSSR count). The third-order valence-corrected chi connectivity index (χ3v) is 2.59. The van der Waals surface area contributed by atoms with Gasteiger partial charge in [0.1, 0.15) is 11.6 Å². The van der Waals surface area contributed by atoms with Crippen molar-refractivity contribution in [3.05, 3.63) is 41.5 Å². The van der Waals surface area contributed by atoms with Gasteiger partial charge in [0.25, 0.3) is 0 Å². The lowest BCUT2D eigenvalue weighted by Crippen LogP contribution is -2.06. The first-order valence-electron chi connectivity index (χ1n) is 5.76. The van der Waals surface area contributed by atoms with Crippen LogP contribution in [0, 0.1) is 6.92 Å². The van der Waals surface area contributed by atoms with Crippen molar-refractivity contribution in [1.82, 2.24) is 14.8 Å². The van der Waals surface area contributed by atoms with Crippen LogP contribution in [0.1, 0.15) is 41.8 Å². The maximum absolute atomic E-state index is 11.0. The van der Waals surface area contributed by atoms with E-state index >= 15 is 0 Å². The van der Waals surface area contributed by atoms with Gasteiger partial charge >= 0.3 is 5.97 Å². The summed E-state index contributed by atoms with van der Waals surface area (Å²) >= 11 is 0. The molecule has 0 bridgehead atoms. The normalized spacial score (nSPS) is 10.9. The summed E-state index contributed by atoms with van der Waals surface area (Å²) in [6, 6.07) is 6.69. The zero-order valence-electron chi connectivity index (χ0n) is 10.6. The molecule has 0 aliphatic rings. The monoisotopic (exact) mass is 245 g/mol. The third-order valence-electron chi connectivity index (χ3n) is 2.59. The highest BCUT2D eigenvalue weighted by Gasteiger charge is 2.13. The minimum atomic E-state index is -0.945. The number of hydrogen-bond acceptors (Lipinski definition) is 3. The van der Waals surface area contributed by atoms with E-state index in [1.807, 2.05) is 26.8 Å². The summed E-state index contributed by atoms with van der Waals surface area (Å²) in [5, 5.41) is 13.3. The number of rotatable bonds is 3. The van der Waals surface area contributed by atoms with E-state index in [0.29, 0.717) is 5.82 Å². The minimum absolute atomic E-state index is 0.222. The Labute approximate surface area is 105 Å². The fourth-order valence-electron chi connectivity index (χ4n) is 1.77. The molecule has 0 aliphatic heterocycles. The second-order valence-electron chi connectivity index (χ2n) is 4.44. The Kier molecular flexibility index (Phi) is 3.14. The van der Waals surface area contributed by atoms with Gasteiger partial charge < -0.3 is 5.11 Å². The van der Waals surface area contributed by atoms with Crippen LogP contribution >= 0.6 is 0 Å². The number of aromatic carboxylic acids is 1. The standard InChI is InChI=1S/C13H15N3O2/c1-8(2)12-14-9(3)15-16(12)11-6-4-5-10(7-11)13(17)18/h4-8H,1-3H3,(H,17,18). The number of aromatic nitrogens is 3. The molecule has 0 saturated heterocycles. The van der Waals surface area contributed by atoms with Gasteiger partial charge in [-0.05, 0) is 25.1 Å². The van der Waals surface area contributed by atoms with Crippen LogP contribution in [-0.4, -0.2) is 25.8 Å². The second kappa shape index (κ2) is 4.60. The summed E-state index contributed by atoms with van der Waals surface area (Å²) in [5.41, 5.74) is 0.967. The first-order chi connectivity index (χ1) is 8.49. The van der Waals surface area contributed by atoms with Gasteiger partial charge in [0.15, 0.2) is 0 Å².